The van der Waals surface area contributed by atoms with Crippen molar-refractivity contribution in [2.45, 2.75) is 20.3 Å². The van der Waals surface area contributed by atoms with Crippen molar-refractivity contribution in [2.75, 3.05) is 12.3 Å². The Labute approximate surface area is 110 Å². The average Bonchev–Trinajstić information content (AvgIpc) is 2.34. The fourth-order valence-corrected chi connectivity index (χ4v) is 1.41. The van der Waals surface area contributed by atoms with Gasteiger partial charge in [-0.2, -0.15) is 0 Å². The number of nitrogen functional groups attached to an aromatic ring is 1. The monoisotopic (exact) mass is 262 g/mol. The third kappa shape index (κ3) is 4.00. The maximum atomic E-state index is 11.1. The normalized spacial score (nSPS) is 9.37. The number of benzene rings is 1. The van der Waals surface area contributed by atoms with E-state index in [2.05, 4.69) is 11.8 Å². The van der Waals surface area contributed by atoms with Crippen molar-refractivity contribution >= 4 is 17.3 Å². The van der Waals surface area contributed by atoms with Crippen LogP contribution in [0, 0.1) is 28.9 Å². The molecule has 0 amide bonds. The Bertz CT molecular complexity index is 570. The zero-order chi connectivity index (χ0) is 14.4. The lowest BCUT2D eigenvalue weighted by Gasteiger charge is -2.02. The lowest BCUT2D eigenvalue weighted by Crippen LogP contribution is -2.02. The Kier molecular flexibility index (Phi) is 4.89. The van der Waals surface area contributed by atoms with E-state index in [0.29, 0.717) is 23.4 Å². The molecule has 0 saturated heterocycles. The second-order valence-electron chi connectivity index (χ2n) is 3.76. The summed E-state index contributed by atoms with van der Waals surface area (Å²) in [6, 6.07) is 2.67. The van der Waals surface area contributed by atoms with Gasteiger partial charge in [0.15, 0.2) is 0 Å². The summed E-state index contributed by atoms with van der Waals surface area (Å²) in [6.45, 7) is 3.66. The van der Waals surface area contributed by atoms with Crippen LogP contribution in [0.15, 0.2) is 12.1 Å². The van der Waals surface area contributed by atoms with Gasteiger partial charge in [-0.25, -0.2) is 0 Å². The van der Waals surface area contributed by atoms with Crippen molar-refractivity contribution in [1.29, 1.82) is 0 Å². The summed E-state index contributed by atoms with van der Waals surface area (Å²) in [5.41, 5.74) is 7.01. The predicted octanol–water partition coefficient (Wildman–Crippen LogP) is 1.79. The zero-order valence-corrected chi connectivity index (χ0v) is 10.7. The van der Waals surface area contributed by atoms with E-state index in [1.54, 1.807) is 13.8 Å². The minimum atomic E-state index is -0.511. The maximum absolute atomic E-state index is 11.1. The summed E-state index contributed by atoms with van der Waals surface area (Å²) >= 11 is 0. The molecule has 1 rings (SSSR count). The molecule has 6 nitrogen and oxygen atoms in total. The number of esters is 1. The molecule has 0 radical (unpaired) electrons. The summed E-state index contributed by atoms with van der Waals surface area (Å²) in [5.74, 6) is 4.82. The molecule has 0 atom stereocenters. The number of hydrogen-bond acceptors (Lipinski definition) is 5. The van der Waals surface area contributed by atoms with Gasteiger partial charge < -0.3 is 10.5 Å². The minimum Gasteiger partial charge on any atom is -0.465 e. The molecule has 0 spiro atoms. The van der Waals surface area contributed by atoms with Gasteiger partial charge in [-0.05, 0) is 19.4 Å². The van der Waals surface area contributed by atoms with Gasteiger partial charge in [-0.1, -0.05) is 11.8 Å². The molecule has 0 fully saturated rings. The van der Waals surface area contributed by atoms with Crippen molar-refractivity contribution in [3.8, 4) is 11.8 Å². The highest BCUT2D eigenvalue weighted by molar-refractivity contribution is 5.73. The lowest BCUT2D eigenvalue weighted by molar-refractivity contribution is -0.384. The molecule has 0 heterocycles. The second kappa shape index (κ2) is 6.40. The molecule has 19 heavy (non-hydrogen) atoms. The summed E-state index contributed by atoms with van der Waals surface area (Å²) < 4.78 is 4.71. The Hall–Kier alpha value is -2.55. The molecule has 1 aromatic carbocycles. The number of carbonyl (C=O) groups excluding carboxylic acids is 1. The Balaban J connectivity index is 2.98. The highest BCUT2D eigenvalue weighted by Gasteiger charge is 2.11. The van der Waals surface area contributed by atoms with E-state index in [4.69, 9.17) is 10.5 Å². The number of anilines is 1. The highest BCUT2D eigenvalue weighted by Crippen LogP contribution is 2.23. The van der Waals surface area contributed by atoms with Crippen molar-refractivity contribution in [1.82, 2.24) is 0 Å². The van der Waals surface area contributed by atoms with Gasteiger partial charge in [0, 0.05) is 12.1 Å². The van der Waals surface area contributed by atoms with Gasteiger partial charge in [-0.3, -0.25) is 14.9 Å². The van der Waals surface area contributed by atoms with Crippen LogP contribution in [0.25, 0.3) is 0 Å². The largest absolute Gasteiger partial charge is 0.465 e. The summed E-state index contributed by atoms with van der Waals surface area (Å²) in [5, 5.41) is 10.7. The first-order valence-electron chi connectivity index (χ1n) is 5.64. The van der Waals surface area contributed by atoms with Crippen LogP contribution in [0.3, 0.4) is 0 Å². The molecule has 0 aliphatic rings. The van der Waals surface area contributed by atoms with Crippen LogP contribution in [-0.2, 0) is 9.53 Å². The standard InChI is InChI=1S/C13H14N2O4/c1-3-19-12(16)6-4-5-10-8-11(15(17)18)7-9(2)13(10)14/h7-8H,3,6,14H2,1-2H3. The molecule has 0 saturated carbocycles. The molecule has 0 aliphatic heterocycles. The van der Waals surface area contributed by atoms with Crippen LogP contribution >= 0.6 is 0 Å². The van der Waals surface area contributed by atoms with Gasteiger partial charge in [0.2, 0.25) is 0 Å². The van der Waals surface area contributed by atoms with Gasteiger partial charge >= 0.3 is 5.97 Å². The van der Waals surface area contributed by atoms with E-state index in [0.717, 1.165) is 0 Å². The van der Waals surface area contributed by atoms with E-state index in [9.17, 15) is 14.9 Å². The molecule has 0 unspecified atom stereocenters. The zero-order valence-electron chi connectivity index (χ0n) is 10.7. The van der Waals surface area contributed by atoms with Crippen LogP contribution in [0.5, 0.6) is 0 Å². The minimum absolute atomic E-state index is 0.0744. The third-order valence-electron chi connectivity index (χ3n) is 2.34. The fourth-order valence-electron chi connectivity index (χ4n) is 1.41. The number of rotatable bonds is 3. The predicted molar refractivity (Wildman–Crippen MR) is 70.4 cm³/mol. The lowest BCUT2D eigenvalue weighted by atomic mass is 10.1. The quantitative estimate of drug-likeness (QED) is 0.294. The topological polar surface area (TPSA) is 95.5 Å². The first-order valence-corrected chi connectivity index (χ1v) is 5.64. The smallest absolute Gasteiger partial charge is 0.317 e. The van der Waals surface area contributed by atoms with Crippen molar-refractivity contribution in [2.24, 2.45) is 0 Å². The number of nitro groups is 1. The van der Waals surface area contributed by atoms with Crippen LogP contribution in [0.4, 0.5) is 11.4 Å². The van der Waals surface area contributed by atoms with E-state index >= 15 is 0 Å². The van der Waals surface area contributed by atoms with E-state index < -0.39 is 10.9 Å². The van der Waals surface area contributed by atoms with Gasteiger partial charge in [-0.15, -0.1) is 0 Å². The molecule has 0 bridgehead atoms. The van der Waals surface area contributed by atoms with Crippen LogP contribution < -0.4 is 5.73 Å². The molecule has 2 N–H and O–H groups in total. The van der Waals surface area contributed by atoms with Crippen LogP contribution in [-0.4, -0.2) is 17.5 Å². The molecule has 1 aromatic rings. The first-order chi connectivity index (χ1) is 8.95. The Morgan fingerprint density at radius 3 is 2.79 bits per heavy atom. The number of nitrogens with zero attached hydrogens (tertiary/aromatic N) is 1. The van der Waals surface area contributed by atoms with Crippen molar-refractivity contribution < 1.29 is 14.5 Å². The molecule has 100 valence electrons. The Morgan fingerprint density at radius 1 is 1.53 bits per heavy atom. The van der Waals surface area contributed by atoms with Gasteiger partial charge in [0.25, 0.3) is 5.69 Å². The van der Waals surface area contributed by atoms with Crippen LogP contribution in [0.2, 0.25) is 0 Å². The van der Waals surface area contributed by atoms with Crippen LogP contribution in [0.1, 0.15) is 24.5 Å². The van der Waals surface area contributed by atoms with E-state index in [1.165, 1.54) is 12.1 Å². The van der Waals surface area contributed by atoms with Gasteiger partial charge in [0.1, 0.15) is 6.42 Å². The number of aryl methyl sites for hydroxylation is 1. The summed E-state index contributed by atoms with van der Waals surface area (Å²) in [4.78, 5) is 21.3. The first kappa shape index (κ1) is 14.5. The SMILES string of the molecule is CCOC(=O)CC#Cc1cc([N+](=O)[O-])cc(C)c1N. The second-order valence-corrected chi connectivity index (χ2v) is 3.76. The number of nitrogens with two attached hydrogens (primary N) is 1. The number of nitro benzene ring substituents is 1. The Morgan fingerprint density at radius 2 is 2.21 bits per heavy atom. The molecule has 0 aliphatic carbocycles. The molecule has 0 aromatic heterocycles. The highest BCUT2D eigenvalue weighted by atomic mass is 16.6. The van der Waals surface area contributed by atoms with Crippen molar-refractivity contribution in [3.05, 3.63) is 33.4 Å². The van der Waals surface area contributed by atoms with E-state index in [1.807, 2.05) is 0 Å². The molecular weight excluding hydrogens is 248 g/mol. The number of hydrogen-bond donors (Lipinski definition) is 1. The fraction of sp³-hybridized carbons (Fsp3) is 0.308. The summed E-state index contributed by atoms with van der Waals surface area (Å²) in [6.07, 6.45) is -0.0744. The molecular formula is C13H14N2O4. The van der Waals surface area contributed by atoms with E-state index in [-0.39, 0.29) is 12.1 Å². The third-order valence-corrected chi connectivity index (χ3v) is 2.34. The maximum Gasteiger partial charge on any atom is 0.317 e. The summed E-state index contributed by atoms with van der Waals surface area (Å²) in [7, 11) is 0. The number of ether oxygens (including phenoxy) is 1. The van der Waals surface area contributed by atoms with Crippen molar-refractivity contribution in [3.63, 3.8) is 0 Å². The van der Waals surface area contributed by atoms with Gasteiger partial charge in [0.05, 0.1) is 22.8 Å². The average molecular weight is 262 g/mol. The number of non-ortho nitro benzene ring substituents is 1. The molecule has 6 heteroatoms. The number of carbonyl (C=O) groups is 1.